The fraction of sp³-hybridized carbons (Fsp3) is 0.625. The van der Waals surface area contributed by atoms with Crippen LogP contribution in [-0.2, 0) is 4.74 Å². The van der Waals surface area contributed by atoms with Gasteiger partial charge in [-0.2, -0.15) is 0 Å². The third-order valence-corrected chi connectivity index (χ3v) is 4.63. The quantitative estimate of drug-likeness (QED) is 0.824. The van der Waals surface area contributed by atoms with Crippen LogP contribution in [0.2, 0.25) is 0 Å². The van der Waals surface area contributed by atoms with E-state index in [4.69, 9.17) is 4.74 Å². The van der Waals surface area contributed by atoms with Crippen molar-refractivity contribution in [2.24, 2.45) is 5.92 Å². The number of hydrogen-bond donors (Lipinski definition) is 1. The van der Waals surface area contributed by atoms with Gasteiger partial charge in [0.2, 0.25) is 0 Å². The molecule has 112 valence electrons. The Kier molecular flexibility index (Phi) is 6.00. The molecule has 0 amide bonds. The van der Waals surface area contributed by atoms with Gasteiger partial charge in [0.25, 0.3) is 0 Å². The molecule has 4 heteroatoms. The van der Waals surface area contributed by atoms with Crippen LogP contribution in [0, 0.1) is 11.7 Å². The van der Waals surface area contributed by atoms with E-state index in [0.29, 0.717) is 10.4 Å². The van der Waals surface area contributed by atoms with Crippen LogP contribution in [0.1, 0.15) is 44.7 Å². The first-order chi connectivity index (χ1) is 9.69. The van der Waals surface area contributed by atoms with Crippen molar-refractivity contribution in [3.05, 3.63) is 34.1 Å². The Bertz CT molecular complexity index is 440. The van der Waals surface area contributed by atoms with E-state index in [-0.39, 0.29) is 18.0 Å². The first-order valence-corrected chi connectivity index (χ1v) is 8.27. The molecule has 1 aromatic rings. The van der Waals surface area contributed by atoms with Gasteiger partial charge in [0.05, 0.1) is 10.6 Å². The highest BCUT2D eigenvalue weighted by atomic mass is 79.9. The van der Waals surface area contributed by atoms with Gasteiger partial charge in [-0.25, -0.2) is 4.39 Å². The van der Waals surface area contributed by atoms with Crippen LogP contribution in [0.15, 0.2) is 22.7 Å². The second-order valence-electron chi connectivity index (χ2n) is 5.34. The monoisotopic (exact) mass is 343 g/mol. The predicted molar refractivity (Wildman–Crippen MR) is 83.3 cm³/mol. The molecule has 3 unspecified atom stereocenters. The minimum atomic E-state index is -0.150. The number of nitrogens with one attached hydrogen (secondary N) is 1. The molecule has 1 aliphatic rings. The molecular formula is C16H23BrFNO. The minimum Gasteiger partial charge on any atom is -0.378 e. The predicted octanol–water partition coefficient (Wildman–Crippen LogP) is 4.44. The average Bonchev–Trinajstić information content (AvgIpc) is 2.92. The molecule has 1 aromatic carbocycles. The van der Waals surface area contributed by atoms with Gasteiger partial charge in [0.1, 0.15) is 5.82 Å². The van der Waals surface area contributed by atoms with Gasteiger partial charge >= 0.3 is 0 Å². The summed E-state index contributed by atoms with van der Waals surface area (Å²) in [6.45, 7) is 5.94. The Morgan fingerprint density at radius 3 is 2.95 bits per heavy atom. The Morgan fingerprint density at radius 1 is 1.45 bits per heavy atom. The van der Waals surface area contributed by atoms with Crippen molar-refractivity contribution in [3.8, 4) is 0 Å². The lowest BCUT2D eigenvalue weighted by atomic mass is 9.86. The molecule has 1 saturated heterocycles. The van der Waals surface area contributed by atoms with Crippen molar-refractivity contribution in [1.82, 2.24) is 5.32 Å². The fourth-order valence-electron chi connectivity index (χ4n) is 3.02. The van der Waals surface area contributed by atoms with E-state index in [0.717, 1.165) is 38.0 Å². The number of rotatable bonds is 6. The Hall–Kier alpha value is -0.450. The summed E-state index contributed by atoms with van der Waals surface area (Å²) in [6.07, 6.45) is 3.23. The molecule has 0 aromatic heterocycles. The van der Waals surface area contributed by atoms with E-state index in [2.05, 4.69) is 35.1 Å². The second-order valence-corrected chi connectivity index (χ2v) is 6.20. The molecule has 2 nitrogen and oxygen atoms in total. The third kappa shape index (κ3) is 3.41. The summed E-state index contributed by atoms with van der Waals surface area (Å²) in [6, 6.07) is 5.57. The van der Waals surface area contributed by atoms with Gasteiger partial charge in [0, 0.05) is 24.1 Å². The maximum Gasteiger partial charge on any atom is 0.142 e. The van der Waals surface area contributed by atoms with E-state index >= 15 is 0 Å². The minimum absolute atomic E-state index is 0.0277. The summed E-state index contributed by atoms with van der Waals surface area (Å²) in [7, 11) is 0. The summed E-state index contributed by atoms with van der Waals surface area (Å²) >= 11 is 3.29. The number of ether oxygens (including phenoxy) is 1. The molecule has 0 aliphatic carbocycles. The van der Waals surface area contributed by atoms with Gasteiger partial charge < -0.3 is 10.1 Å². The van der Waals surface area contributed by atoms with Crippen molar-refractivity contribution in [3.63, 3.8) is 0 Å². The van der Waals surface area contributed by atoms with Gasteiger partial charge in [0.15, 0.2) is 0 Å². The maximum absolute atomic E-state index is 14.4. The topological polar surface area (TPSA) is 21.3 Å². The van der Waals surface area contributed by atoms with Crippen LogP contribution >= 0.6 is 15.9 Å². The SMILES string of the molecule is CCCNC(c1cccc(Br)c1F)C1CCOC1CC. The molecule has 1 fully saturated rings. The molecule has 0 bridgehead atoms. The summed E-state index contributed by atoms with van der Waals surface area (Å²) in [5.41, 5.74) is 0.752. The average molecular weight is 344 g/mol. The Labute approximate surface area is 129 Å². The largest absolute Gasteiger partial charge is 0.378 e. The lowest BCUT2D eigenvalue weighted by Crippen LogP contribution is -2.34. The van der Waals surface area contributed by atoms with E-state index in [1.54, 1.807) is 6.07 Å². The molecule has 1 heterocycles. The van der Waals surface area contributed by atoms with Crippen LogP contribution in [0.3, 0.4) is 0 Å². The molecule has 0 spiro atoms. The molecular weight excluding hydrogens is 321 g/mol. The van der Waals surface area contributed by atoms with E-state index < -0.39 is 0 Å². The van der Waals surface area contributed by atoms with Crippen LogP contribution in [0.5, 0.6) is 0 Å². The number of benzene rings is 1. The molecule has 0 radical (unpaired) electrons. The highest BCUT2D eigenvalue weighted by molar-refractivity contribution is 9.10. The zero-order valence-corrected chi connectivity index (χ0v) is 13.7. The third-order valence-electron chi connectivity index (χ3n) is 4.02. The normalized spacial score (nSPS) is 24.0. The van der Waals surface area contributed by atoms with E-state index in [1.165, 1.54) is 0 Å². The molecule has 2 rings (SSSR count). The van der Waals surface area contributed by atoms with Crippen molar-refractivity contribution in [1.29, 1.82) is 0 Å². The smallest absolute Gasteiger partial charge is 0.142 e. The number of hydrogen-bond acceptors (Lipinski definition) is 2. The van der Waals surface area contributed by atoms with Gasteiger partial charge in [-0.3, -0.25) is 0 Å². The molecule has 1 aliphatic heterocycles. The van der Waals surface area contributed by atoms with E-state index in [1.807, 2.05) is 12.1 Å². The summed E-state index contributed by atoms with van der Waals surface area (Å²) < 4.78 is 20.8. The second kappa shape index (κ2) is 7.53. The number of halogens is 2. The fourth-order valence-corrected chi connectivity index (χ4v) is 3.40. The van der Waals surface area contributed by atoms with Crippen LogP contribution in [-0.4, -0.2) is 19.3 Å². The first-order valence-electron chi connectivity index (χ1n) is 7.47. The van der Waals surface area contributed by atoms with Gasteiger partial charge in [-0.15, -0.1) is 0 Å². The van der Waals surface area contributed by atoms with Crippen molar-refractivity contribution in [2.75, 3.05) is 13.2 Å². The lowest BCUT2D eigenvalue weighted by Gasteiger charge is -2.29. The van der Waals surface area contributed by atoms with E-state index in [9.17, 15) is 4.39 Å². The Morgan fingerprint density at radius 2 is 2.25 bits per heavy atom. The Balaban J connectivity index is 2.29. The van der Waals surface area contributed by atoms with Crippen LogP contribution < -0.4 is 5.32 Å². The first kappa shape index (κ1) is 15.9. The molecule has 1 N–H and O–H groups in total. The lowest BCUT2D eigenvalue weighted by molar-refractivity contribution is 0.0770. The highest BCUT2D eigenvalue weighted by Gasteiger charge is 2.35. The zero-order valence-electron chi connectivity index (χ0n) is 12.2. The highest BCUT2D eigenvalue weighted by Crippen LogP contribution is 2.37. The summed E-state index contributed by atoms with van der Waals surface area (Å²) in [5, 5.41) is 3.52. The van der Waals surface area contributed by atoms with Crippen LogP contribution in [0.4, 0.5) is 4.39 Å². The van der Waals surface area contributed by atoms with Gasteiger partial charge in [-0.1, -0.05) is 26.0 Å². The molecule has 3 atom stereocenters. The summed E-state index contributed by atoms with van der Waals surface area (Å²) in [5.74, 6) is 0.193. The van der Waals surface area contributed by atoms with Crippen molar-refractivity contribution >= 4 is 15.9 Å². The van der Waals surface area contributed by atoms with Crippen molar-refractivity contribution in [2.45, 2.75) is 45.3 Å². The standard InChI is InChI=1S/C16H23BrFNO/c1-3-9-19-16(11-8-10-20-14(11)4-2)12-6-5-7-13(17)15(12)18/h5-7,11,14,16,19H,3-4,8-10H2,1-2H3. The zero-order chi connectivity index (χ0) is 14.5. The maximum atomic E-state index is 14.4. The molecule has 0 saturated carbocycles. The van der Waals surface area contributed by atoms with Gasteiger partial charge in [-0.05, 0) is 47.8 Å². The molecule has 20 heavy (non-hydrogen) atoms. The van der Waals surface area contributed by atoms with Crippen LogP contribution in [0.25, 0.3) is 0 Å². The van der Waals surface area contributed by atoms with Crippen molar-refractivity contribution < 1.29 is 9.13 Å². The summed E-state index contributed by atoms with van der Waals surface area (Å²) in [4.78, 5) is 0.